The molecule has 0 spiro atoms. The molecule has 0 radical (unpaired) electrons. The van der Waals surface area contributed by atoms with E-state index in [1.807, 2.05) is 0 Å². The van der Waals surface area contributed by atoms with E-state index >= 15 is 0 Å². The lowest BCUT2D eigenvalue weighted by atomic mass is 9.97. The van der Waals surface area contributed by atoms with E-state index in [9.17, 15) is 9.18 Å². The average molecular weight is 468 g/mol. The summed E-state index contributed by atoms with van der Waals surface area (Å²) in [6.45, 7) is 1.29. The Hall–Kier alpha value is -4.31. The number of anilines is 1. The molecule has 1 amide bonds. The zero-order valence-corrected chi connectivity index (χ0v) is 18.7. The van der Waals surface area contributed by atoms with Crippen LogP contribution in [0.3, 0.4) is 0 Å². The summed E-state index contributed by atoms with van der Waals surface area (Å²) in [6, 6.07) is 16.4. The highest BCUT2D eigenvalue weighted by atomic mass is 19.1. The van der Waals surface area contributed by atoms with Gasteiger partial charge in [-0.05, 0) is 23.8 Å². The highest BCUT2D eigenvalue weighted by molar-refractivity contribution is 5.94. The molecule has 0 saturated carbocycles. The van der Waals surface area contributed by atoms with Crippen LogP contribution in [-0.2, 0) is 20.9 Å². The highest BCUT2D eigenvalue weighted by Crippen LogP contribution is 2.31. The Bertz CT molecular complexity index is 1160. The van der Waals surface area contributed by atoms with E-state index in [2.05, 4.69) is 10.3 Å². The number of carboxylic acid groups (broad SMARTS) is 1. The lowest BCUT2D eigenvalue weighted by molar-refractivity contribution is -0.134. The van der Waals surface area contributed by atoms with Crippen molar-refractivity contribution in [3.63, 3.8) is 0 Å². The summed E-state index contributed by atoms with van der Waals surface area (Å²) in [5, 5.41) is 17.6. The molecule has 1 heterocycles. The van der Waals surface area contributed by atoms with Crippen LogP contribution in [-0.4, -0.2) is 34.9 Å². The molecule has 3 rings (SSSR count). The normalized spacial score (nSPS) is 11.0. The van der Waals surface area contributed by atoms with Gasteiger partial charge in [0.15, 0.2) is 6.10 Å². The van der Waals surface area contributed by atoms with Crippen LogP contribution in [0.2, 0.25) is 0 Å². The molecule has 0 saturated heterocycles. The number of hydrogen-bond acceptors (Lipinski definition) is 6. The van der Waals surface area contributed by atoms with E-state index in [-0.39, 0.29) is 23.8 Å². The van der Waals surface area contributed by atoms with Crippen molar-refractivity contribution in [3.05, 3.63) is 83.2 Å². The second kappa shape index (κ2) is 12.1. The Morgan fingerprint density at radius 1 is 1.15 bits per heavy atom. The molecule has 34 heavy (non-hydrogen) atoms. The Kier molecular flexibility index (Phi) is 9.21. The summed E-state index contributed by atoms with van der Waals surface area (Å²) in [7, 11) is 1.34. The van der Waals surface area contributed by atoms with Crippen molar-refractivity contribution in [1.82, 2.24) is 10.3 Å². The van der Waals surface area contributed by atoms with Crippen molar-refractivity contribution in [1.29, 1.82) is 5.41 Å². The number of carbonyl (C=O) groups excluding carboxylic acids is 1. The number of halogens is 1. The quantitative estimate of drug-likeness (QED) is 0.263. The number of carboxylic acids is 1. The molecular formula is C24H26FN5O4. The van der Waals surface area contributed by atoms with Crippen LogP contribution < -0.4 is 16.8 Å². The number of nitrogens with zero attached hydrogens (tertiary/aromatic N) is 1. The third-order valence-electron chi connectivity index (χ3n) is 4.57. The van der Waals surface area contributed by atoms with Crippen molar-refractivity contribution in [3.8, 4) is 11.3 Å². The van der Waals surface area contributed by atoms with Gasteiger partial charge in [0.05, 0.1) is 5.69 Å². The first-order valence-electron chi connectivity index (χ1n) is 10.1. The van der Waals surface area contributed by atoms with Crippen LogP contribution in [0.1, 0.15) is 29.7 Å². The number of nitrogen functional groups attached to an aromatic ring is 2. The maximum absolute atomic E-state index is 14.8. The molecule has 1 atom stereocenters. The summed E-state index contributed by atoms with van der Waals surface area (Å²) in [6.07, 6.45) is -1.18. The van der Waals surface area contributed by atoms with Crippen molar-refractivity contribution in [2.24, 2.45) is 5.73 Å². The molecule has 1 aromatic heterocycles. The summed E-state index contributed by atoms with van der Waals surface area (Å²) >= 11 is 0. The maximum atomic E-state index is 14.8. The fourth-order valence-electron chi connectivity index (χ4n) is 3.07. The number of benzene rings is 2. The highest BCUT2D eigenvalue weighted by Gasteiger charge is 2.27. The zero-order chi connectivity index (χ0) is 25.3. The number of pyridine rings is 1. The summed E-state index contributed by atoms with van der Waals surface area (Å²) in [5.41, 5.74) is 13.5. The number of nitrogens with one attached hydrogen (secondary N) is 2. The van der Waals surface area contributed by atoms with Crippen molar-refractivity contribution >= 4 is 23.5 Å². The fraction of sp³-hybridized carbons (Fsp3) is 0.167. The minimum Gasteiger partial charge on any atom is -0.481 e. The topological polar surface area (TPSA) is 164 Å². The van der Waals surface area contributed by atoms with E-state index < -0.39 is 23.8 Å². The van der Waals surface area contributed by atoms with Crippen LogP contribution >= 0.6 is 0 Å². The minimum atomic E-state index is -1.18. The van der Waals surface area contributed by atoms with Gasteiger partial charge in [-0.25, -0.2) is 9.37 Å². The number of ether oxygens (including phenoxy) is 1. The number of nitrogens with two attached hydrogens (primary N) is 2. The fourth-order valence-corrected chi connectivity index (χ4v) is 3.07. The predicted molar refractivity (Wildman–Crippen MR) is 126 cm³/mol. The average Bonchev–Trinajstić information content (AvgIpc) is 2.79. The molecule has 7 N–H and O–H groups in total. The van der Waals surface area contributed by atoms with Crippen molar-refractivity contribution < 1.29 is 23.8 Å². The predicted octanol–water partition coefficient (Wildman–Crippen LogP) is 2.85. The van der Waals surface area contributed by atoms with Gasteiger partial charge in [0, 0.05) is 37.3 Å². The first kappa shape index (κ1) is 25.9. The number of aromatic nitrogens is 1. The molecule has 0 aliphatic carbocycles. The second-order valence-electron chi connectivity index (χ2n) is 7.11. The molecule has 0 aliphatic heterocycles. The maximum Gasteiger partial charge on any atom is 0.300 e. The van der Waals surface area contributed by atoms with Crippen molar-refractivity contribution in [2.45, 2.75) is 19.6 Å². The number of rotatable bonds is 7. The molecule has 1 unspecified atom stereocenters. The van der Waals surface area contributed by atoms with Gasteiger partial charge in [0.2, 0.25) is 0 Å². The first-order valence-corrected chi connectivity index (χ1v) is 10.1. The number of hydrogen-bond donors (Lipinski definition) is 5. The van der Waals surface area contributed by atoms with Gasteiger partial charge in [0.1, 0.15) is 17.5 Å². The standard InChI is InChI=1S/C22H22FN5O2.C2H4O2/c1-30-20(22(29)27-12-13-8-10-14(11-9-13)21(25)26)19-15(4-2-5-16(19)23)17-6-3-7-18(24)28-17;1-2(3)4/h2-11,20H,12H2,1H3,(H2,24,28)(H3,25,26)(H,27,29);1H3,(H,3,4). The van der Waals surface area contributed by atoms with Crippen LogP contribution in [0, 0.1) is 11.2 Å². The third kappa shape index (κ3) is 7.10. The molecule has 3 aromatic rings. The lowest BCUT2D eigenvalue weighted by Gasteiger charge is -2.19. The van der Waals surface area contributed by atoms with Crippen LogP contribution in [0.15, 0.2) is 60.7 Å². The van der Waals surface area contributed by atoms with Gasteiger partial charge in [-0.15, -0.1) is 0 Å². The van der Waals surface area contributed by atoms with Crippen LogP contribution in [0.4, 0.5) is 10.2 Å². The van der Waals surface area contributed by atoms with E-state index in [1.165, 1.54) is 13.2 Å². The van der Waals surface area contributed by atoms with E-state index in [4.69, 9.17) is 31.5 Å². The number of amides is 1. The van der Waals surface area contributed by atoms with Crippen LogP contribution in [0.25, 0.3) is 11.3 Å². The van der Waals surface area contributed by atoms with Gasteiger partial charge >= 0.3 is 0 Å². The zero-order valence-electron chi connectivity index (χ0n) is 18.7. The number of carbonyl (C=O) groups is 2. The van der Waals surface area contributed by atoms with E-state index in [1.54, 1.807) is 54.6 Å². The molecule has 0 fully saturated rings. The first-order chi connectivity index (χ1) is 16.1. The van der Waals surface area contributed by atoms with Gasteiger partial charge in [-0.1, -0.05) is 42.5 Å². The number of methoxy groups -OCH3 is 1. The molecule has 2 aromatic carbocycles. The molecule has 0 bridgehead atoms. The van der Waals surface area contributed by atoms with Gasteiger partial charge in [-0.2, -0.15) is 0 Å². The second-order valence-corrected chi connectivity index (χ2v) is 7.11. The monoisotopic (exact) mass is 467 g/mol. The van der Waals surface area contributed by atoms with Gasteiger partial charge < -0.3 is 26.6 Å². The van der Waals surface area contributed by atoms with Gasteiger partial charge in [-0.3, -0.25) is 15.0 Å². The smallest absolute Gasteiger partial charge is 0.300 e. The summed E-state index contributed by atoms with van der Waals surface area (Å²) in [4.78, 5) is 26.1. The summed E-state index contributed by atoms with van der Waals surface area (Å²) in [5.74, 6) is -1.66. The Morgan fingerprint density at radius 2 is 1.76 bits per heavy atom. The van der Waals surface area contributed by atoms with Gasteiger partial charge in [0.25, 0.3) is 11.9 Å². The number of amidine groups is 1. The molecular weight excluding hydrogens is 441 g/mol. The molecule has 0 aliphatic rings. The molecule has 178 valence electrons. The van der Waals surface area contributed by atoms with Crippen molar-refractivity contribution in [2.75, 3.05) is 12.8 Å². The third-order valence-corrected chi connectivity index (χ3v) is 4.57. The SMILES string of the molecule is CC(=O)O.COC(C(=O)NCc1ccc(C(=N)N)cc1)c1c(F)cccc1-c1cccc(N)n1. The molecule has 10 heteroatoms. The van der Waals surface area contributed by atoms with E-state index in [0.717, 1.165) is 12.5 Å². The Labute approximate surface area is 196 Å². The Morgan fingerprint density at radius 3 is 2.32 bits per heavy atom. The van der Waals surface area contributed by atoms with E-state index in [0.29, 0.717) is 16.8 Å². The lowest BCUT2D eigenvalue weighted by Crippen LogP contribution is -2.31. The summed E-state index contributed by atoms with van der Waals surface area (Å²) < 4.78 is 20.1. The number of aliphatic carboxylic acids is 1. The van der Waals surface area contributed by atoms with Crippen LogP contribution in [0.5, 0.6) is 0 Å². The minimum absolute atomic E-state index is 0.0349. The molecule has 9 nitrogen and oxygen atoms in total. The largest absolute Gasteiger partial charge is 0.481 e. The Balaban J connectivity index is 0.000000945.